The fourth-order valence-corrected chi connectivity index (χ4v) is 8.79. The normalized spacial score (nSPS) is 17.1. The first-order chi connectivity index (χ1) is 25.4. The fraction of sp³-hybridized carbons (Fsp3) is 0.255. The largest absolute Gasteiger partial charge is 0.481 e. The van der Waals surface area contributed by atoms with Crippen molar-refractivity contribution >= 4 is 56.6 Å². The molecule has 2 aliphatic heterocycles. The molecule has 0 unspecified atom stereocenters. The van der Waals surface area contributed by atoms with E-state index in [4.69, 9.17) is 4.74 Å². The van der Waals surface area contributed by atoms with Crippen molar-refractivity contribution in [2.75, 3.05) is 24.6 Å². The predicted octanol–water partition coefficient (Wildman–Crippen LogP) is 10.0. The van der Waals surface area contributed by atoms with Crippen molar-refractivity contribution in [3.05, 3.63) is 149 Å². The molecule has 0 spiro atoms. The van der Waals surface area contributed by atoms with E-state index in [0.717, 1.165) is 50.3 Å². The van der Waals surface area contributed by atoms with E-state index in [1.54, 1.807) is 0 Å². The van der Waals surface area contributed by atoms with Gasteiger partial charge in [0.25, 0.3) is 6.47 Å². The van der Waals surface area contributed by atoms with E-state index >= 15 is 0 Å². The summed E-state index contributed by atoms with van der Waals surface area (Å²) in [4.78, 5) is 25.5. The van der Waals surface area contributed by atoms with Gasteiger partial charge < -0.3 is 14.7 Å². The molecular weight excluding hydrogens is 657 g/mol. The number of aryl methyl sites for hydroxylation is 1. The Morgan fingerprint density at radius 3 is 2.17 bits per heavy atom. The van der Waals surface area contributed by atoms with Gasteiger partial charge in [0, 0.05) is 40.2 Å². The average molecular weight is 704 g/mol. The summed E-state index contributed by atoms with van der Waals surface area (Å²) in [5.41, 5.74) is 10.6. The maximum absolute atomic E-state index is 12.1. The highest BCUT2D eigenvalue weighted by Gasteiger charge is 2.46. The zero-order chi connectivity index (χ0) is 37.5. The molecule has 0 amide bonds. The Bertz CT molecular complexity index is 2390. The summed E-state index contributed by atoms with van der Waals surface area (Å²) in [6.45, 7) is 15.0. The molecule has 0 atom stereocenters. The van der Waals surface area contributed by atoms with Crippen LogP contribution in [0.4, 0.5) is 11.4 Å². The van der Waals surface area contributed by atoms with E-state index in [1.807, 2.05) is 6.07 Å². The van der Waals surface area contributed by atoms with Crippen LogP contribution in [0.2, 0.25) is 0 Å². The lowest BCUT2D eigenvalue weighted by molar-refractivity contribution is -0.441. The number of rotatable bonds is 11. The van der Waals surface area contributed by atoms with Crippen LogP contribution in [-0.2, 0) is 25.2 Å². The summed E-state index contributed by atoms with van der Waals surface area (Å²) in [6, 6.07) is 34.0. The number of aliphatic carboxylic acids is 1. The maximum Gasteiger partial charge on any atom is 0.305 e. The van der Waals surface area contributed by atoms with Crippen LogP contribution in [-0.4, -0.2) is 47.5 Å². The first kappa shape index (κ1) is 35.6. The lowest BCUT2D eigenvalue weighted by atomic mass is 9.78. The summed E-state index contributed by atoms with van der Waals surface area (Å²) >= 11 is 0. The summed E-state index contributed by atoms with van der Waals surface area (Å²) < 4.78 is 7.50. The monoisotopic (exact) mass is 703 g/mol. The molecule has 0 saturated carbocycles. The fourth-order valence-electron chi connectivity index (χ4n) is 8.79. The van der Waals surface area contributed by atoms with Crippen LogP contribution in [0, 0.1) is 6.92 Å². The van der Waals surface area contributed by atoms with E-state index in [0.29, 0.717) is 19.6 Å². The zero-order valence-corrected chi connectivity index (χ0v) is 31.4. The molecule has 6 nitrogen and oxygen atoms in total. The highest BCUT2D eigenvalue weighted by Crippen LogP contribution is 2.54. The number of ether oxygens (including phenoxy) is 1. The van der Waals surface area contributed by atoms with E-state index < -0.39 is 11.4 Å². The van der Waals surface area contributed by atoms with Crippen molar-refractivity contribution in [3.63, 3.8) is 0 Å². The number of fused-ring (bicyclic) bond motifs is 7. The molecule has 0 fully saturated rings. The predicted molar refractivity (Wildman–Crippen MR) is 216 cm³/mol. The molecule has 7 rings (SSSR count). The van der Waals surface area contributed by atoms with E-state index in [1.165, 1.54) is 27.5 Å². The van der Waals surface area contributed by atoms with Gasteiger partial charge in [0.2, 0.25) is 5.69 Å². The number of carbonyl (C=O) groups excluding carboxylic acids is 1. The molecule has 0 radical (unpaired) electrons. The summed E-state index contributed by atoms with van der Waals surface area (Å²) in [6.07, 6.45) is 6.67. The van der Waals surface area contributed by atoms with Crippen molar-refractivity contribution in [2.45, 2.75) is 58.8 Å². The molecule has 53 heavy (non-hydrogen) atoms. The third-order valence-corrected chi connectivity index (χ3v) is 11.0. The van der Waals surface area contributed by atoms with Crippen LogP contribution in [0.1, 0.15) is 63.3 Å². The van der Waals surface area contributed by atoms with Crippen molar-refractivity contribution < 1.29 is 24.0 Å². The number of hydrogen-bond donors (Lipinski definition) is 1. The number of benzene rings is 5. The average Bonchev–Trinajstić information content (AvgIpc) is 3.51. The second-order valence-electron chi connectivity index (χ2n) is 15.2. The Labute approximate surface area is 312 Å². The van der Waals surface area contributed by atoms with Gasteiger partial charge in [0.1, 0.15) is 6.61 Å². The highest BCUT2D eigenvalue weighted by molar-refractivity contribution is 6.17. The molecule has 5 aromatic rings. The Hall–Kier alpha value is -5.75. The van der Waals surface area contributed by atoms with Crippen LogP contribution in [0.5, 0.6) is 0 Å². The van der Waals surface area contributed by atoms with Crippen molar-refractivity contribution in [2.24, 2.45) is 0 Å². The maximum atomic E-state index is 12.1. The van der Waals surface area contributed by atoms with Crippen LogP contribution in [0.3, 0.4) is 0 Å². The van der Waals surface area contributed by atoms with Gasteiger partial charge >= 0.3 is 5.97 Å². The van der Waals surface area contributed by atoms with Crippen LogP contribution < -0.4 is 4.90 Å². The Kier molecular flexibility index (Phi) is 9.41. The first-order valence-corrected chi connectivity index (χ1v) is 18.4. The minimum atomic E-state index is -0.824. The lowest BCUT2D eigenvalue weighted by Gasteiger charge is -2.27. The lowest BCUT2D eigenvalue weighted by Crippen LogP contribution is -2.31. The van der Waals surface area contributed by atoms with Gasteiger partial charge in [0.15, 0.2) is 12.3 Å². The minimum absolute atomic E-state index is 0.0133. The molecule has 268 valence electrons. The van der Waals surface area contributed by atoms with E-state index in [2.05, 4.69) is 160 Å². The Balaban J connectivity index is 1.43. The number of hydrogen-bond acceptors (Lipinski definition) is 4. The second-order valence-corrected chi connectivity index (χ2v) is 15.2. The molecule has 5 aromatic carbocycles. The Morgan fingerprint density at radius 2 is 1.49 bits per heavy atom. The SMILES string of the molecule is CC(=CC(=CC=C1N(CCC(=O)O)c2c(c3ccccc3c3ccccc23)C1(C)C)c1ccccc1)C1=[N+](CCOC=O)c2ccc(C)cc2C1(C)C. The van der Waals surface area contributed by atoms with Crippen LogP contribution >= 0.6 is 0 Å². The van der Waals surface area contributed by atoms with Gasteiger partial charge in [-0.2, -0.15) is 4.58 Å². The van der Waals surface area contributed by atoms with Crippen LogP contribution in [0.15, 0.2) is 127 Å². The van der Waals surface area contributed by atoms with Gasteiger partial charge in [-0.1, -0.05) is 110 Å². The number of anilines is 1. The molecule has 0 aliphatic carbocycles. The summed E-state index contributed by atoms with van der Waals surface area (Å²) in [5, 5.41) is 14.6. The van der Waals surface area contributed by atoms with Crippen molar-refractivity contribution in [1.82, 2.24) is 0 Å². The molecule has 0 saturated heterocycles. The number of nitrogens with zero attached hydrogens (tertiary/aromatic N) is 2. The van der Waals surface area contributed by atoms with Gasteiger partial charge in [-0.25, -0.2) is 0 Å². The smallest absolute Gasteiger partial charge is 0.305 e. The van der Waals surface area contributed by atoms with Crippen molar-refractivity contribution in [3.8, 4) is 0 Å². The van der Waals surface area contributed by atoms with Gasteiger partial charge in [-0.15, -0.1) is 0 Å². The quantitative estimate of drug-likeness (QED) is 0.0488. The number of carboxylic acid groups (broad SMARTS) is 1. The molecule has 6 heteroatoms. The molecule has 1 N–H and O–H groups in total. The highest BCUT2D eigenvalue weighted by atomic mass is 16.5. The topological polar surface area (TPSA) is 69.8 Å². The molecule has 2 heterocycles. The van der Waals surface area contributed by atoms with Gasteiger partial charge in [0.05, 0.1) is 17.5 Å². The first-order valence-electron chi connectivity index (χ1n) is 18.4. The third-order valence-electron chi connectivity index (χ3n) is 11.0. The second kappa shape index (κ2) is 14.0. The molecular formula is C47H47N2O4+. The number of carbonyl (C=O) groups is 2. The molecule has 0 aromatic heterocycles. The van der Waals surface area contributed by atoms with Gasteiger partial charge in [-0.05, 0) is 78.8 Å². The standard InChI is InChI=1S/C47H46N2O4/c1-31-20-22-40-39(28-31)46(3,4)45(48(40)26-27-53-30-50)32(2)29-34(33-14-8-7-9-15-33)21-23-41-47(5,6)43-37-18-12-10-16-35(37)36-17-11-13-19-38(36)44(43)49(41)25-24-42(51)52/h7-23,28-30H,24-27H2,1-6H3/p+1. The van der Waals surface area contributed by atoms with Gasteiger partial charge in [-0.3, -0.25) is 9.59 Å². The zero-order valence-electron chi connectivity index (χ0n) is 31.4. The van der Waals surface area contributed by atoms with Crippen molar-refractivity contribution in [1.29, 1.82) is 0 Å². The summed E-state index contributed by atoms with van der Waals surface area (Å²) in [7, 11) is 0. The van der Waals surface area contributed by atoms with E-state index in [9.17, 15) is 14.7 Å². The van der Waals surface area contributed by atoms with Crippen LogP contribution in [0.25, 0.3) is 27.1 Å². The number of allylic oxidation sites excluding steroid dienone is 6. The third kappa shape index (κ3) is 6.26. The summed E-state index contributed by atoms with van der Waals surface area (Å²) in [5.74, 6) is -0.824. The molecule has 2 aliphatic rings. The molecule has 0 bridgehead atoms. The van der Waals surface area contributed by atoms with E-state index in [-0.39, 0.29) is 18.4 Å². The number of carboxylic acids is 1. The Morgan fingerprint density at radius 1 is 0.849 bits per heavy atom. The minimum Gasteiger partial charge on any atom is -0.481 e.